The van der Waals surface area contributed by atoms with Gasteiger partial charge in [0, 0.05) is 12.0 Å². The molecule has 196 valence electrons. The van der Waals surface area contributed by atoms with E-state index < -0.39 is 44.3 Å². The zero-order chi connectivity index (χ0) is 25.8. The van der Waals surface area contributed by atoms with Crippen LogP contribution in [0.5, 0.6) is 0 Å². The fourth-order valence-corrected chi connectivity index (χ4v) is 6.14. The van der Waals surface area contributed by atoms with Crippen LogP contribution in [0.2, 0.25) is 18.1 Å². The van der Waals surface area contributed by atoms with Crippen molar-refractivity contribution in [3.63, 3.8) is 0 Å². The minimum Gasteiger partial charge on any atom is -0.456 e. The zero-order valence-corrected chi connectivity index (χ0v) is 23.8. The molecule has 3 rings (SSSR count). The fourth-order valence-electron chi connectivity index (χ4n) is 3.89. The van der Waals surface area contributed by atoms with Gasteiger partial charge in [-0.15, -0.1) is 11.8 Å². The molecule has 0 aromatic heterocycles. The monoisotopic (exact) mass is 524 g/mol. The maximum absolute atomic E-state index is 12.8. The van der Waals surface area contributed by atoms with Crippen LogP contribution in [0.25, 0.3) is 0 Å². The van der Waals surface area contributed by atoms with Crippen LogP contribution in [0.3, 0.4) is 0 Å². The van der Waals surface area contributed by atoms with Gasteiger partial charge in [0.15, 0.2) is 20.7 Å². The van der Waals surface area contributed by atoms with Gasteiger partial charge in [-0.05, 0) is 30.8 Å². The molecule has 9 heteroatoms. The number of ketones is 1. The molecular formula is C26H40O7SSi. The molecule has 0 radical (unpaired) electrons. The van der Waals surface area contributed by atoms with E-state index in [1.165, 1.54) is 6.92 Å². The summed E-state index contributed by atoms with van der Waals surface area (Å²) in [4.78, 5) is 24.2. The number of carbonyl (C=O) groups is 2. The molecule has 0 saturated carbocycles. The number of Topliss-reactive ketones (excluding diaryl/α,β-unsaturated/α-hetero) is 1. The van der Waals surface area contributed by atoms with Crippen molar-refractivity contribution < 1.29 is 33.0 Å². The van der Waals surface area contributed by atoms with E-state index in [0.29, 0.717) is 6.61 Å². The van der Waals surface area contributed by atoms with Gasteiger partial charge < -0.3 is 28.2 Å². The lowest BCUT2D eigenvalue weighted by molar-refractivity contribution is -0.317. The van der Waals surface area contributed by atoms with Crippen molar-refractivity contribution in [1.29, 1.82) is 0 Å². The molecule has 0 amide bonds. The quantitative estimate of drug-likeness (QED) is 0.320. The van der Waals surface area contributed by atoms with Gasteiger partial charge in [0.2, 0.25) is 0 Å². The van der Waals surface area contributed by atoms with Crippen molar-refractivity contribution in [2.45, 2.75) is 102 Å². The van der Waals surface area contributed by atoms with Crippen LogP contribution in [0.1, 0.15) is 59.3 Å². The van der Waals surface area contributed by atoms with Crippen LogP contribution in [-0.4, -0.2) is 62.3 Å². The number of hydrogen-bond acceptors (Lipinski definition) is 8. The highest BCUT2D eigenvalue weighted by Gasteiger charge is 2.55. The number of hydrogen-bond donors (Lipinski definition) is 0. The second-order valence-electron chi connectivity index (χ2n) is 10.7. The zero-order valence-electron chi connectivity index (χ0n) is 21.9. The van der Waals surface area contributed by atoms with Crippen LogP contribution in [0.15, 0.2) is 30.3 Å². The second kappa shape index (κ2) is 11.9. The Morgan fingerprint density at radius 2 is 1.77 bits per heavy atom. The van der Waals surface area contributed by atoms with E-state index in [1.807, 2.05) is 37.3 Å². The van der Waals surface area contributed by atoms with Crippen molar-refractivity contribution in [2.75, 3.05) is 12.4 Å². The SMILES string of the molecule is CCS[C@@H]1O[C@@H]2COC(c3ccccc3)O[C@H]2[C@H](O[Si](C)(C)C(C)(C)C)[C@H]1OC(=O)CCC(C)=O. The van der Waals surface area contributed by atoms with E-state index in [4.69, 9.17) is 23.4 Å². The fraction of sp³-hybridized carbons (Fsp3) is 0.692. The summed E-state index contributed by atoms with van der Waals surface area (Å²) in [6, 6.07) is 9.78. The molecule has 2 heterocycles. The van der Waals surface area contributed by atoms with Crippen molar-refractivity contribution in [1.82, 2.24) is 0 Å². The highest BCUT2D eigenvalue weighted by molar-refractivity contribution is 7.99. The minimum absolute atomic E-state index is 0.0346. The van der Waals surface area contributed by atoms with Gasteiger partial charge in [-0.1, -0.05) is 58.0 Å². The van der Waals surface area contributed by atoms with Crippen LogP contribution in [-0.2, 0) is 33.0 Å². The van der Waals surface area contributed by atoms with E-state index in [9.17, 15) is 9.59 Å². The summed E-state index contributed by atoms with van der Waals surface area (Å²) in [5.74, 6) is 0.309. The van der Waals surface area contributed by atoms with Gasteiger partial charge in [0.1, 0.15) is 29.5 Å². The highest BCUT2D eigenvalue weighted by atomic mass is 32.2. The molecular weight excluding hydrogens is 484 g/mol. The number of fused-ring (bicyclic) bond motifs is 1. The Labute approximate surface area is 214 Å². The average Bonchev–Trinajstić information content (AvgIpc) is 2.79. The van der Waals surface area contributed by atoms with Crippen LogP contribution >= 0.6 is 11.8 Å². The molecule has 2 aliphatic heterocycles. The predicted octanol–water partition coefficient (Wildman–Crippen LogP) is 5.25. The minimum atomic E-state index is -2.28. The molecule has 35 heavy (non-hydrogen) atoms. The largest absolute Gasteiger partial charge is 0.456 e. The molecule has 1 unspecified atom stereocenters. The number of carbonyl (C=O) groups excluding carboxylic acids is 2. The van der Waals surface area contributed by atoms with Gasteiger partial charge in [0.05, 0.1) is 13.0 Å². The summed E-state index contributed by atoms with van der Waals surface area (Å²) in [6.45, 7) is 14.8. The van der Waals surface area contributed by atoms with Gasteiger partial charge in [-0.3, -0.25) is 4.79 Å². The first-order chi connectivity index (χ1) is 16.4. The maximum Gasteiger partial charge on any atom is 0.306 e. The Hall–Kier alpha value is -1.23. The first kappa shape index (κ1) is 28.3. The second-order valence-corrected chi connectivity index (χ2v) is 16.8. The Kier molecular flexibility index (Phi) is 9.62. The summed E-state index contributed by atoms with van der Waals surface area (Å²) >= 11 is 1.57. The summed E-state index contributed by atoms with van der Waals surface area (Å²) in [5, 5.41) is -0.0542. The third-order valence-corrected chi connectivity index (χ3v) is 12.4. The lowest BCUT2D eigenvalue weighted by Crippen LogP contribution is -2.65. The third-order valence-electron chi connectivity index (χ3n) is 6.87. The van der Waals surface area contributed by atoms with E-state index in [2.05, 4.69) is 33.9 Å². The summed E-state index contributed by atoms with van der Waals surface area (Å²) in [6.07, 6.45) is -2.37. The summed E-state index contributed by atoms with van der Waals surface area (Å²) in [5.41, 5.74) is 0.495. The number of rotatable bonds is 9. The lowest BCUT2D eigenvalue weighted by Gasteiger charge is -2.51. The van der Waals surface area contributed by atoms with E-state index in [0.717, 1.165) is 11.3 Å². The molecule has 0 aliphatic carbocycles. The third kappa shape index (κ3) is 7.17. The average molecular weight is 525 g/mol. The first-order valence-corrected chi connectivity index (χ1v) is 16.3. The van der Waals surface area contributed by atoms with Crippen LogP contribution in [0.4, 0.5) is 0 Å². The molecule has 0 N–H and O–H groups in total. The van der Waals surface area contributed by atoms with E-state index in [1.54, 1.807) is 11.8 Å². The maximum atomic E-state index is 12.8. The van der Waals surface area contributed by atoms with Gasteiger partial charge in [-0.2, -0.15) is 0 Å². The molecule has 2 fully saturated rings. The number of benzene rings is 1. The molecule has 2 saturated heterocycles. The van der Waals surface area contributed by atoms with E-state index >= 15 is 0 Å². The molecule has 2 aliphatic rings. The normalized spacial score (nSPS) is 29.3. The topological polar surface area (TPSA) is 80.3 Å². The Balaban J connectivity index is 1.93. The number of thioether (sulfide) groups is 1. The summed E-state index contributed by atoms with van der Waals surface area (Å²) < 4.78 is 31.8. The number of ether oxygens (including phenoxy) is 4. The Morgan fingerprint density at radius 3 is 2.37 bits per heavy atom. The first-order valence-electron chi connectivity index (χ1n) is 12.4. The molecule has 1 aromatic carbocycles. The van der Waals surface area contributed by atoms with Crippen molar-refractivity contribution in [3.05, 3.63) is 35.9 Å². The Bertz CT molecular complexity index is 857. The lowest BCUT2D eigenvalue weighted by atomic mass is 9.98. The molecule has 7 nitrogen and oxygen atoms in total. The van der Waals surface area contributed by atoms with Crippen molar-refractivity contribution in [2.24, 2.45) is 0 Å². The number of esters is 1. The Morgan fingerprint density at radius 1 is 1.09 bits per heavy atom. The van der Waals surface area contributed by atoms with Gasteiger partial charge in [-0.25, -0.2) is 0 Å². The highest BCUT2D eigenvalue weighted by Crippen LogP contribution is 2.44. The van der Waals surface area contributed by atoms with E-state index in [-0.39, 0.29) is 29.8 Å². The predicted molar refractivity (Wildman–Crippen MR) is 139 cm³/mol. The van der Waals surface area contributed by atoms with Crippen LogP contribution in [0, 0.1) is 0 Å². The smallest absolute Gasteiger partial charge is 0.306 e. The summed E-state index contributed by atoms with van der Waals surface area (Å²) in [7, 11) is -2.28. The molecule has 0 spiro atoms. The molecule has 0 bridgehead atoms. The van der Waals surface area contributed by atoms with Crippen LogP contribution < -0.4 is 0 Å². The standard InChI is InChI=1S/C26H40O7SSi/c1-8-34-25-23(31-20(28)15-14-17(2)27)22(33-35(6,7)26(3,4)5)21-19(30-25)16-29-24(32-21)18-12-10-9-11-13-18/h9-13,19,21-25H,8,14-16H2,1-7H3/t19-,21-,22+,23-,24?,25+/m1/s1. The van der Waals surface area contributed by atoms with Gasteiger partial charge >= 0.3 is 5.97 Å². The molecule has 6 atom stereocenters. The van der Waals surface area contributed by atoms with Crippen molar-refractivity contribution >= 4 is 31.8 Å². The van der Waals surface area contributed by atoms with Gasteiger partial charge in [0.25, 0.3) is 0 Å². The van der Waals surface area contributed by atoms with Crippen molar-refractivity contribution in [3.8, 4) is 0 Å². The molecule has 1 aromatic rings.